The molecular weight excluding hydrogens is 252 g/mol. The summed E-state index contributed by atoms with van der Waals surface area (Å²) < 4.78 is 5.04. The number of anilines is 1. The van der Waals surface area contributed by atoms with Crippen LogP contribution < -0.4 is 15.4 Å². The van der Waals surface area contributed by atoms with Crippen molar-refractivity contribution in [2.24, 2.45) is 11.7 Å². The first kappa shape index (κ1) is 13.4. The lowest BCUT2D eigenvalue weighted by molar-refractivity contribution is 0.344. The van der Waals surface area contributed by atoms with Gasteiger partial charge in [-0.3, -0.25) is 0 Å². The van der Waals surface area contributed by atoms with Gasteiger partial charge in [0.15, 0.2) is 5.82 Å². The van der Waals surface area contributed by atoms with E-state index in [-0.39, 0.29) is 6.04 Å². The van der Waals surface area contributed by atoms with E-state index in [1.165, 1.54) is 0 Å². The zero-order valence-electron chi connectivity index (χ0n) is 10.8. The van der Waals surface area contributed by atoms with Gasteiger partial charge in [0.1, 0.15) is 5.02 Å². The van der Waals surface area contributed by atoms with Crippen molar-refractivity contribution in [2.45, 2.75) is 25.8 Å². The fourth-order valence-electron chi connectivity index (χ4n) is 2.34. The molecule has 0 bridgehead atoms. The highest BCUT2D eigenvalue weighted by Gasteiger charge is 2.27. The van der Waals surface area contributed by atoms with Gasteiger partial charge in [-0.25, -0.2) is 4.98 Å². The highest BCUT2D eigenvalue weighted by Crippen LogP contribution is 2.29. The summed E-state index contributed by atoms with van der Waals surface area (Å²) in [6.45, 7) is 3.92. The maximum absolute atomic E-state index is 6.16. The largest absolute Gasteiger partial charge is 0.467 e. The third-order valence-electron chi connectivity index (χ3n) is 3.50. The summed E-state index contributed by atoms with van der Waals surface area (Å²) in [7, 11) is 1.55. The van der Waals surface area contributed by atoms with Crippen molar-refractivity contribution in [1.82, 2.24) is 9.97 Å². The molecule has 1 aliphatic heterocycles. The Kier molecular flexibility index (Phi) is 4.24. The van der Waals surface area contributed by atoms with Gasteiger partial charge in [-0.05, 0) is 12.3 Å². The molecule has 0 spiro atoms. The topological polar surface area (TPSA) is 64.3 Å². The van der Waals surface area contributed by atoms with Crippen molar-refractivity contribution >= 4 is 17.4 Å². The molecule has 1 aromatic heterocycles. The van der Waals surface area contributed by atoms with Crippen LogP contribution in [0, 0.1) is 5.92 Å². The van der Waals surface area contributed by atoms with Crippen molar-refractivity contribution < 1.29 is 4.74 Å². The van der Waals surface area contributed by atoms with E-state index in [9.17, 15) is 0 Å². The molecule has 1 aromatic rings. The molecule has 1 fully saturated rings. The predicted octanol–water partition coefficient (Wildman–Crippen LogP) is 1.70. The molecular formula is C12H19ClN4O. The number of nitrogens with two attached hydrogens (primary N) is 1. The van der Waals surface area contributed by atoms with Gasteiger partial charge in [-0.15, -0.1) is 0 Å². The number of nitrogens with zero attached hydrogens (tertiary/aromatic N) is 3. The predicted molar refractivity (Wildman–Crippen MR) is 72.2 cm³/mol. The molecule has 2 unspecified atom stereocenters. The molecule has 0 radical (unpaired) electrons. The Hall–Kier alpha value is -1.07. The zero-order valence-corrected chi connectivity index (χ0v) is 11.5. The minimum atomic E-state index is 0.272. The smallest absolute Gasteiger partial charge is 0.318 e. The van der Waals surface area contributed by atoms with E-state index in [4.69, 9.17) is 22.1 Å². The number of piperidine rings is 1. The van der Waals surface area contributed by atoms with Crippen LogP contribution >= 0.6 is 11.6 Å². The number of ether oxygens (including phenoxy) is 1. The van der Waals surface area contributed by atoms with Crippen LogP contribution in [0.4, 0.5) is 5.82 Å². The second-order valence-corrected chi connectivity index (χ2v) is 5.00. The monoisotopic (exact) mass is 270 g/mol. The summed E-state index contributed by atoms with van der Waals surface area (Å²) in [6.07, 6.45) is 3.61. The van der Waals surface area contributed by atoms with Crippen molar-refractivity contribution in [3.63, 3.8) is 0 Å². The molecule has 1 aliphatic rings. The van der Waals surface area contributed by atoms with Crippen LogP contribution in [-0.4, -0.2) is 36.2 Å². The fourth-order valence-corrected chi connectivity index (χ4v) is 2.55. The Morgan fingerprint density at radius 2 is 2.39 bits per heavy atom. The van der Waals surface area contributed by atoms with Crippen LogP contribution in [0.15, 0.2) is 6.20 Å². The van der Waals surface area contributed by atoms with Gasteiger partial charge >= 0.3 is 6.01 Å². The highest BCUT2D eigenvalue weighted by atomic mass is 35.5. The van der Waals surface area contributed by atoms with E-state index in [2.05, 4.69) is 21.8 Å². The Bertz CT molecular complexity index is 415. The van der Waals surface area contributed by atoms with Crippen molar-refractivity contribution in [3.05, 3.63) is 11.2 Å². The number of rotatable bonds is 3. The Labute approximate surface area is 112 Å². The average molecular weight is 271 g/mol. The quantitative estimate of drug-likeness (QED) is 0.906. The summed E-state index contributed by atoms with van der Waals surface area (Å²) in [5, 5.41) is 0.557. The molecule has 0 amide bonds. The van der Waals surface area contributed by atoms with Crippen LogP contribution in [0.5, 0.6) is 6.01 Å². The average Bonchev–Trinajstić information content (AvgIpc) is 2.40. The van der Waals surface area contributed by atoms with Gasteiger partial charge in [0, 0.05) is 19.1 Å². The summed E-state index contributed by atoms with van der Waals surface area (Å²) in [5.41, 5.74) is 6.11. The number of aromatic nitrogens is 2. The minimum Gasteiger partial charge on any atom is -0.467 e. The van der Waals surface area contributed by atoms with Crippen molar-refractivity contribution in [1.29, 1.82) is 0 Å². The van der Waals surface area contributed by atoms with Gasteiger partial charge in [-0.2, -0.15) is 4.98 Å². The van der Waals surface area contributed by atoms with E-state index < -0.39 is 0 Å². The van der Waals surface area contributed by atoms with Crippen LogP contribution in [0.1, 0.15) is 19.8 Å². The zero-order chi connectivity index (χ0) is 13.1. The molecule has 0 saturated carbocycles. The van der Waals surface area contributed by atoms with Crippen LogP contribution in [0.2, 0.25) is 5.02 Å². The SMILES string of the molecule is CCC1CN(c2nc(OC)ncc2Cl)CCC1N. The van der Waals surface area contributed by atoms with Crippen LogP contribution in [0.3, 0.4) is 0 Å². The van der Waals surface area contributed by atoms with Crippen LogP contribution in [0.25, 0.3) is 0 Å². The maximum atomic E-state index is 6.16. The standard InChI is InChI=1S/C12H19ClN4O/c1-3-8-7-17(5-4-10(8)14)11-9(13)6-15-12(16-11)18-2/h6,8,10H,3-5,7,14H2,1-2H3. The third kappa shape index (κ3) is 2.67. The van der Waals surface area contributed by atoms with Crippen molar-refractivity contribution in [3.8, 4) is 6.01 Å². The number of methoxy groups -OCH3 is 1. The van der Waals surface area contributed by atoms with Crippen molar-refractivity contribution in [2.75, 3.05) is 25.1 Å². The normalized spacial score (nSPS) is 24.1. The molecule has 2 rings (SSSR count). The molecule has 2 atom stereocenters. The summed E-state index contributed by atoms with van der Waals surface area (Å²) >= 11 is 6.16. The van der Waals surface area contributed by atoms with Crippen LogP contribution in [-0.2, 0) is 0 Å². The second kappa shape index (κ2) is 5.71. The van der Waals surface area contributed by atoms with E-state index >= 15 is 0 Å². The van der Waals surface area contributed by atoms with E-state index in [1.807, 2.05) is 0 Å². The first-order chi connectivity index (χ1) is 8.65. The van der Waals surface area contributed by atoms with E-state index in [0.29, 0.717) is 17.0 Å². The Balaban J connectivity index is 2.20. The fraction of sp³-hybridized carbons (Fsp3) is 0.667. The second-order valence-electron chi connectivity index (χ2n) is 4.60. The molecule has 5 nitrogen and oxygen atoms in total. The molecule has 1 saturated heterocycles. The molecule has 2 N–H and O–H groups in total. The Morgan fingerprint density at radius 1 is 1.61 bits per heavy atom. The van der Waals surface area contributed by atoms with Gasteiger partial charge < -0.3 is 15.4 Å². The molecule has 0 aliphatic carbocycles. The molecule has 2 heterocycles. The minimum absolute atomic E-state index is 0.272. The Morgan fingerprint density at radius 3 is 3.06 bits per heavy atom. The maximum Gasteiger partial charge on any atom is 0.318 e. The number of hydrogen-bond donors (Lipinski definition) is 1. The summed E-state index contributed by atoms with van der Waals surface area (Å²) in [5.74, 6) is 1.23. The van der Waals surface area contributed by atoms with E-state index in [1.54, 1.807) is 13.3 Å². The number of hydrogen-bond acceptors (Lipinski definition) is 5. The lowest BCUT2D eigenvalue weighted by atomic mass is 9.91. The summed E-state index contributed by atoms with van der Waals surface area (Å²) in [6, 6.07) is 0.617. The first-order valence-corrected chi connectivity index (χ1v) is 6.60. The third-order valence-corrected chi connectivity index (χ3v) is 3.77. The van der Waals surface area contributed by atoms with Gasteiger partial charge in [-0.1, -0.05) is 24.9 Å². The first-order valence-electron chi connectivity index (χ1n) is 6.22. The molecule has 0 aromatic carbocycles. The lowest BCUT2D eigenvalue weighted by Gasteiger charge is -2.37. The molecule has 18 heavy (non-hydrogen) atoms. The van der Waals surface area contributed by atoms with Gasteiger partial charge in [0.05, 0.1) is 13.3 Å². The number of halogens is 1. The highest BCUT2D eigenvalue weighted by molar-refractivity contribution is 6.32. The van der Waals surface area contributed by atoms with E-state index in [0.717, 1.165) is 31.7 Å². The van der Waals surface area contributed by atoms with Gasteiger partial charge in [0.2, 0.25) is 0 Å². The lowest BCUT2D eigenvalue weighted by Crippen LogP contribution is -2.47. The molecule has 6 heteroatoms. The molecule has 100 valence electrons. The van der Waals surface area contributed by atoms with Gasteiger partial charge in [0.25, 0.3) is 0 Å². The summed E-state index contributed by atoms with van der Waals surface area (Å²) in [4.78, 5) is 10.5.